The Hall–Kier alpha value is -1.57. The quantitative estimate of drug-likeness (QED) is 0.554. The molecule has 0 aliphatic heterocycles. The average molecular weight is 339 g/mol. The van der Waals surface area contributed by atoms with E-state index in [9.17, 15) is 4.39 Å². The van der Waals surface area contributed by atoms with E-state index >= 15 is 0 Å². The first-order valence-electron chi connectivity index (χ1n) is 5.36. The van der Waals surface area contributed by atoms with E-state index in [0.717, 1.165) is 14.7 Å². The smallest absolute Gasteiger partial charge is 0.166 e. The van der Waals surface area contributed by atoms with Gasteiger partial charge in [-0.2, -0.15) is 0 Å². The molecule has 1 aromatic carbocycles. The number of thiophene rings is 1. The van der Waals surface area contributed by atoms with Crippen LogP contribution < -0.4 is 11.3 Å². The monoisotopic (exact) mass is 338 g/mol. The predicted octanol–water partition coefficient (Wildman–Crippen LogP) is 3.55. The molecule has 0 unspecified atom stereocenters. The highest BCUT2D eigenvalue weighted by Crippen LogP contribution is 2.30. The summed E-state index contributed by atoms with van der Waals surface area (Å²) in [5.41, 5.74) is 2.86. The highest BCUT2D eigenvalue weighted by Gasteiger charge is 2.13. The van der Waals surface area contributed by atoms with E-state index in [1.165, 1.54) is 17.4 Å². The molecule has 0 saturated heterocycles. The molecule has 19 heavy (non-hydrogen) atoms. The predicted molar refractivity (Wildman–Crippen MR) is 78.3 cm³/mol. The van der Waals surface area contributed by atoms with Gasteiger partial charge in [0, 0.05) is 4.47 Å². The summed E-state index contributed by atoms with van der Waals surface area (Å²) in [6.45, 7) is 0. The first-order chi connectivity index (χ1) is 9.19. The molecule has 0 aliphatic rings. The zero-order chi connectivity index (χ0) is 13.4. The maximum atomic E-state index is 13.9. The zero-order valence-electron chi connectivity index (χ0n) is 9.52. The van der Waals surface area contributed by atoms with Crippen LogP contribution in [0.1, 0.15) is 0 Å². The Morgan fingerprint density at radius 3 is 2.89 bits per heavy atom. The number of hydrogen-bond donors (Lipinski definition) is 2. The number of fused-ring (bicyclic) bond motifs is 1. The van der Waals surface area contributed by atoms with Crippen LogP contribution >= 0.6 is 27.3 Å². The molecule has 4 nitrogen and oxygen atoms in total. The van der Waals surface area contributed by atoms with E-state index < -0.39 is 0 Å². The number of nitrogen functional groups attached to an aromatic ring is 1. The van der Waals surface area contributed by atoms with Gasteiger partial charge >= 0.3 is 0 Å². The molecule has 2 heterocycles. The minimum absolute atomic E-state index is 0.307. The second kappa shape index (κ2) is 4.84. The van der Waals surface area contributed by atoms with Crippen molar-refractivity contribution in [1.29, 1.82) is 0 Å². The third kappa shape index (κ3) is 2.20. The third-order valence-corrected chi connectivity index (χ3v) is 3.93. The maximum Gasteiger partial charge on any atom is 0.166 e. The van der Waals surface area contributed by atoms with Crippen molar-refractivity contribution in [2.75, 3.05) is 5.43 Å². The molecule has 96 valence electrons. The minimum atomic E-state index is -0.373. The van der Waals surface area contributed by atoms with Crippen molar-refractivity contribution < 1.29 is 4.39 Å². The molecule has 3 rings (SSSR count). The number of anilines is 1. The van der Waals surface area contributed by atoms with Gasteiger partial charge in [0.15, 0.2) is 11.6 Å². The van der Waals surface area contributed by atoms with Crippen molar-refractivity contribution in [2.24, 2.45) is 5.84 Å². The Bertz CT molecular complexity index is 759. The first kappa shape index (κ1) is 12.5. The number of benzene rings is 1. The van der Waals surface area contributed by atoms with Gasteiger partial charge in [-0.1, -0.05) is 15.9 Å². The number of rotatable bonds is 2. The van der Waals surface area contributed by atoms with Crippen LogP contribution in [0.25, 0.3) is 21.6 Å². The van der Waals surface area contributed by atoms with Crippen LogP contribution in [0.5, 0.6) is 0 Å². The summed E-state index contributed by atoms with van der Waals surface area (Å²) in [5.74, 6) is 5.87. The van der Waals surface area contributed by atoms with Gasteiger partial charge in [-0.25, -0.2) is 20.2 Å². The van der Waals surface area contributed by atoms with E-state index in [4.69, 9.17) is 5.84 Å². The van der Waals surface area contributed by atoms with Gasteiger partial charge in [0.1, 0.15) is 10.6 Å². The first-order valence-corrected chi connectivity index (χ1v) is 7.03. The standard InChI is InChI=1S/C12H8BrFN4S/c13-6-1-2-9(14)8(5-6)10-16-11(18-15)7-3-4-19-12(7)17-10/h1-5H,15H2,(H,16,17,18). The van der Waals surface area contributed by atoms with Crippen molar-refractivity contribution in [3.8, 4) is 11.4 Å². The molecule has 2 aromatic heterocycles. The molecule has 0 fully saturated rings. The summed E-state index contributed by atoms with van der Waals surface area (Å²) in [6, 6.07) is 6.52. The molecule has 3 aromatic rings. The van der Waals surface area contributed by atoms with Crippen LogP contribution in [0.3, 0.4) is 0 Å². The summed E-state index contributed by atoms with van der Waals surface area (Å²) < 4.78 is 14.6. The van der Waals surface area contributed by atoms with Crippen LogP contribution in [0.4, 0.5) is 10.2 Å². The summed E-state index contributed by atoms with van der Waals surface area (Å²) in [5, 5.41) is 2.72. The second-order valence-corrected chi connectivity index (χ2v) is 5.61. The normalized spacial score (nSPS) is 10.9. The highest BCUT2D eigenvalue weighted by atomic mass is 79.9. The molecule has 3 N–H and O–H groups in total. The SMILES string of the molecule is NNc1nc(-c2cc(Br)ccc2F)nc2sccc12. The number of nitrogens with zero attached hydrogens (tertiary/aromatic N) is 2. The molecule has 0 spiro atoms. The van der Waals surface area contributed by atoms with Gasteiger partial charge in [-0.05, 0) is 29.6 Å². The van der Waals surface area contributed by atoms with Crippen LogP contribution in [-0.4, -0.2) is 9.97 Å². The lowest BCUT2D eigenvalue weighted by Crippen LogP contribution is -2.10. The van der Waals surface area contributed by atoms with Gasteiger partial charge in [-0.15, -0.1) is 11.3 Å². The lowest BCUT2D eigenvalue weighted by Gasteiger charge is -2.06. The Morgan fingerprint density at radius 2 is 2.11 bits per heavy atom. The molecule has 0 amide bonds. The topological polar surface area (TPSA) is 63.8 Å². The van der Waals surface area contributed by atoms with Crippen molar-refractivity contribution in [3.63, 3.8) is 0 Å². The molecule has 0 atom stereocenters. The number of hydrazine groups is 1. The summed E-state index contributed by atoms with van der Waals surface area (Å²) in [7, 11) is 0. The van der Waals surface area contributed by atoms with Crippen LogP contribution in [0, 0.1) is 5.82 Å². The van der Waals surface area contributed by atoms with Crippen LogP contribution in [-0.2, 0) is 0 Å². The van der Waals surface area contributed by atoms with Crippen molar-refractivity contribution >= 4 is 43.3 Å². The van der Waals surface area contributed by atoms with Gasteiger partial charge < -0.3 is 5.43 Å². The Morgan fingerprint density at radius 1 is 1.26 bits per heavy atom. The lowest BCUT2D eigenvalue weighted by molar-refractivity contribution is 0.630. The van der Waals surface area contributed by atoms with Gasteiger partial charge in [-0.3, -0.25) is 0 Å². The number of nitrogens with one attached hydrogen (secondary N) is 1. The van der Waals surface area contributed by atoms with Crippen molar-refractivity contribution in [2.45, 2.75) is 0 Å². The van der Waals surface area contributed by atoms with Crippen molar-refractivity contribution in [3.05, 3.63) is 39.9 Å². The second-order valence-electron chi connectivity index (χ2n) is 3.80. The lowest BCUT2D eigenvalue weighted by atomic mass is 10.2. The summed E-state index contributed by atoms with van der Waals surface area (Å²) in [4.78, 5) is 9.39. The number of nitrogens with two attached hydrogens (primary N) is 1. The van der Waals surface area contributed by atoms with Gasteiger partial charge in [0.25, 0.3) is 0 Å². The van der Waals surface area contributed by atoms with E-state index in [1.807, 2.05) is 11.4 Å². The average Bonchev–Trinajstić information content (AvgIpc) is 2.88. The highest BCUT2D eigenvalue weighted by molar-refractivity contribution is 9.10. The Labute approximate surface area is 120 Å². The number of hydrogen-bond acceptors (Lipinski definition) is 5. The van der Waals surface area contributed by atoms with Gasteiger partial charge in [0.05, 0.1) is 10.9 Å². The summed E-state index contributed by atoms with van der Waals surface area (Å²) in [6.07, 6.45) is 0. The van der Waals surface area contributed by atoms with E-state index in [-0.39, 0.29) is 5.82 Å². The fourth-order valence-corrected chi connectivity index (χ4v) is 2.88. The van der Waals surface area contributed by atoms with E-state index in [0.29, 0.717) is 17.2 Å². The zero-order valence-corrected chi connectivity index (χ0v) is 11.9. The van der Waals surface area contributed by atoms with Gasteiger partial charge in [0.2, 0.25) is 0 Å². The molecular weight excluding hydrogens is 331 g/mol. The molecular formula is C12H8BrFN4S. The fourth-order valence-electron chi connectivity index (χ4n) is 1.75. The summed E-state index contributed by atoms with van der Waals surface area (Å²) >= 11 is 4.77. The Balaban J connectivity index is 2.27. The number of halogens is 2. The number of aromatic nitrogens is 2. The van der Waals surface area contributed by atoms with Crippen LogP contribution in [0.2, 0.25) is 0 Å². The van der Waals surface area contributed by atoms with Crippen LogP contribution in [0.15, 0.2) is 34.1 Å². The van der Waals surface area contributed by atoms with E-state index in [2.05, 4.69) is 31.3 Å². The maximum absolute atomic E-state index is 13.9. The Kier molecular flexibility index (Phi) is 3.17. The molecule has 0 radical (unpaired) electrons. The molecule has 0 saturated carbocycles. The van der Waals surface area contributed by atoms with Crippen molar-refractivity contribution in [1.82, 2.24) is 9.97 Å². The minimum Gasteiger partial charge on any atom is -0.308 e. The third-order valence-electron chi connectivity index (χ3n) is 2.63. The largest absolute Gasteiger partial charge is 0.308 e. The van der Waals surface area contributed by atoms with E-state index in [1.54, 1.807) is 12.1 Å². The fraction of sp³-hybridized carbons (Fsp3) is 0. The molecule has 7 heteroatoms. The molecule has 0 aliphatic carbocycles. The molecule has 0 bridgehead atoms.